The van der Waals surface area contributed by atoms with Crippen LogP contribution in [-0.2, 0) is 9.47 Å². The van der Waals surface area contributed by atoms with Crippen molar-refractivity contribution < 1.29 is 23.4 Å². The lowest BCUT2D eigenvalue weighted by Crippen LogP contribution is -2.56. The molecule has 2 saturated heterocycles. The van der Waals surface area contributed by atoms with Crippen LogP contribution in [0.25, 0.3) is 0 Å². The maximum absolute atomic E-state index is 13.5. The van der Waals surface area contributed by atoms with Crippen LogP contribution in [-0.4, -0.2) is 56.4 Å². The molecule has 1 aromatic carbocycles. The molecule has 24 heavy (non-hydrogen) atoms. The van der Waals surface area contributed by atoms with E-state index in [0.717, 1.165) is 32.3 Å². The SMILES string of the molecule is COc1ccc(F)cc1C(=O)N1CCC2(CC1)OCCCC2OC. The fourth-order valence-corrected chi connectivity index (χ4v) is 3.81. The molecule has 1 unspecified atom stereocenters. The van der Waals surface area contributed by atoms with Crippen LogP contribution in [0.4, 0.5) is 4.39 Å². The van der Waals surface area contributed by atoms with Crippen molar-refractivity contribution in [2.24, 2.45) is 0 Å². The van der Waals surface area contributed by atoms with Gasteiger partial charge in [-0.05, 0) is 43.9 Å². The average Bonchev–Trinajstić information content (AvgIpc) is 2.62. The Morgan fingerprint density at radius 1 is 1.33 bits per heavy atom. The van der Waals surface area contributed by atoms with Gasteiger partial charge < -0.3 is 19.1 Å². The Labute approximate surface area is 141 Å². The third-order valence-electron chi connectivity index (χ3n) is 5.16. The van der Waals surface area contributed by atoms with E-state index in [9.17, 15) is 9.18 Å². The Hall–Kier alpha value is -1.66. The number of carbonyl (C=O) groups is 1. The lowest BCUT2D eigenvalue weighted by molar-refractivity contribution is -0.183. The molecule has 2 fully saturated rings. The first kappa shape index (κ1) is 17.2. The van der Waals surface area contributed by atoms with Crippen LogP contribution in [0.15, 0.2) is 18.2 Å². The van der Waals surface area contributed by atoms with Crippen LogP contribution < -0.4 is 4.74 Å². The van der Waals surface area contributed by atoms with Gasteiger partial charge in [0.25, 0.3) is 5.91 Å². The third-order valence-corrected chi connectivity index (χ3v) is 5.16. The molecule has 0 radical (unpaired) electrons. The Balaban J connectivity index is 1.72. The van der Waals surface area contributed by atoms with Crippen LogP contribution in [0.3, 0.4) is 0 Å². The topological polar surface area (TPSA) is 48.0 Å². The molecule has 1 aromatic rings. The fraction of sp³-hybridized carbons (Fsp3) is 0.611. The maximum Gasteiger partial charge on any atom is 0.257 e. The molecule has 0 bridgehead atoms. The van der Waals surface area contributed by atoms with Crippen LogP contribution >= 0.6 is 0 Å². The zero-order valence-corrected chi connectivity index (χ0v) is 14.2. The van der Waals surface area contributed by atoms with E-state index in [1.54, 1.807) is 12.0 Å². The van der Waals surface area contributed by atoms with E-state index in [1.165, 1.54) is 25.3 Å². The first-order valence-corrected chi connectivity index (χ1v) is 8.39. The van der Waals surface area contributed by atoms with E-state index >= 15 is 0 Å². The fourth-order valence-electron chi connectivity index (χ4n) is 3.81. The van der Waals surface area contributed by atoms with Gasteiger partial charge in [0.15, 0.2) is 0 Å². The second kappa shape index (κ2) is 7.07. The first-order valence-electron chi connectivity index (χ1n) is 8.39. The molecule has 1 atom stereocenters. The second-order valence-corrected chi connectivity index (χ2v) is 6.42. The standard InChI is InChI=1S/C18H24FNO4/c1-22-15-6-5-13(19)12-14(15)17(21)20-9-7-18(8-10-20)16(23-2)4-3-11-24-18/h5-6,12,16H,3-4,7-11H2,1-2H3. The van der Waals surface area contributed by atoms with Crippen molar-refractivity contribution in [2.45, 2.75) is 37.4 Å². The summed E-state index contributed by atoms with van der Waals surface area (Å²) in [6.45, 7) is 1.88. The number of benzene rings is 1. The zero-order chi connectivity index (χ0) is 17.2. The summed E-state index contributed by atoms with van der Waals surface area (Å²) in [4.78, 5) is 14.5. The Kier molecular flexibility index (Phi) is 5.06. The summed E-state index contributed by atoms with van der Waals surface area (Å²) in [5.41, 5.74) is -0.0307. The van der Waals surface area contributed by atoms with E-state index in [-0.39, 0.29) is 23.2 Å². The van der Waals surface area contributed by atoms with Crippen LogP contribution in [0.2, 0.25) is 0 Å². The molecule has 0 aromatic heterocycles. The van der Waals surface area contributed by atoms with Crippen molar-refractivity contribution in [1.29, 1.82) is 0 Å². The highest BCUT2D eigenvalue weighted by molar-refractivity contribution is 5.97. The number of rotatable bonds is 3. The number of carbonyl (C=O) groups excluding carboxylic acids is 1. The minimum Gasteiger partial charge on any atom is -0.496 e. The molecular weight excluding hydrogens is 313 g/mol. The molecule has 3 rings (SSSR count). The highest BCUT2D eigenvalue weighted by Crippen LogP contribution is 2.37. The summed E-state index contributed by atoms with van der Waals surface area (Å²) >= 11 is 0. The summed E-state index contributed by atoms with van der Waals surface area (Å²) in [7, 11) is 3.20. The molecule has 0 N–H and O–H groups in total. The van der Waals surface area contributed by atoms with E-state index < -0.39 is 5.82 Å². The summed E-state index contributed by atoms with van der Waals surface area (Å²) in [5.74, 6) is -0.251. The predicted octanol–water partition coefficient (Wildman–Crippen LogP) is 2.63. The molecule has 1 amide bonds. The predicted molar refractivity (Wildman–Crippen MR) is 86.8 cm³/mol. The average molecular weight is 337 g/mol. The molecular formula is C18H24FNO4. The van der Waals surface area contributed by atoms with Gasteiger partial charge in [-0.3, -0.25) is 4.79 Å². The van der Waals surface area contributed by atoms with Crippen LogP contribution in [0.1, 0.15) is 36.0 Å². The van der Waals surface area contributed by atoms with Gasteiger partial charge in [0, 0.05) is 26.8 Å². The Morgan fingerprint density at radius 2 is 2.08 bits per heavy atom. The zero-order valence-electron chi connectivity index (χ0n) is 14.2. The molecule has 0 saturated carbocycles. The molecule has 132 valence electrons. The largest absolute Gasteiger partial charge is 0.496 e. The summed E-state index contributed by atoms with van der Waals surface area (Å²) in [6.07, 6.45) is 3.53. The lowest BCUT2D eigenvalue weighted by Gasteiger charge is -2.48. The molecule has 1 spiro atoms. The molecule has 5 nitrogen and oxygen atoms in total. The number of hydrogen-bond donors (Lipinski definition) is 0. The minimum absolute atomic E-state index is 0.0761. The number of likely N-dealkylation sites (tertiary alicyclic amines) is 1. The van der Waals surface area contributed by atoms with Gasteiger partial charge in [0.05, 0.1) is 24.4 Å². The highest BCUT2D eigenvalue weighted by atomic mass is 19.1. The molecule has 6 heteroatoms. The summed E-state index contributed by atoms with van der Waals surface area (Å²) in [5, 5.41) is 0. The number of hydrogen-bond acceptors (Lipinski definition) is 4. The van der Waals surface area contributed by atoms with E-state index in [4.69, 9.17) is 14.2 Å². The Morgan fingerprint density at radius 3 is 2.75 bits per heavy atom. The monoisotopic (exact) mass is 337 g/mol. The van der Waals surface area contributed by atoms with E-state index in [2.05, 4.69) is 0 Å². The number of halogens is 1. The van der Waals surface area contributed by atoms with Crippen LogP contribution in [0.5, 0.6) is 5.75 Å². The molecule has 2 aliphatic heterocycles. The van der Waals surface area contributed by atoms with Gasteiger partial charge in [-0.2, -0.15) is 0 Å². The molecule has 2 aliphatic rings. The number of methoxy groups -OCH3 is 2. The summed E-state index contributed by atoms with van der Waals surface area (Å²) < 4.78 is 30.4. The van der Waals surface area contributed by atoms with Crippen molar-refractivity contribution in [3.05, 3.63) is 29.6 Å². The van der Waals surface area contributed by atoms with Gasteiger partial charge in [0.1, 0.15) is 11.6 Å². The van der Waals surface area contributed by atoms with Crippen molar-refractivity contribution in [1.82, 2.24) is 4.90 Å². The molecule has 2 heterocycles. The lowest BCUT2D eigenvalue weighted by atomic mass is 9.81. The van der Waals surface area contributed by atoms with Gasteiger partial charge in [-0.1, -0.05) is 0 Å². The first-order chi connectivity index (χ1) is 11.6. The van der Waals surface area contributed by atoms with Gasteiger partial charge in [-0.25, -0.2) is 4.39 Å². The summed E-state index contributed by atoms with van der Waals surface area (Å²) in [6, 6.07) is 4.01. The third kappa shape index (κ3) is 3.13. The van der Waals surface area contributed by atoms with E-state index in [0.29, 0.717) is 18.8 Å². The highest BCUT2D eigenvalue weighted by Gasteiger charge is 2.45. The van der Waals surface area contributed by atoms with Crippen molar-refractivity contribution in [2.75, 3.05) is 33.9 Å². The van der Waals surface area contributed by atoms with Crippen LogP contribution in [0, 0.1) is 5.82 Å². The molecule has 0 aliphatic carbocycles. The quantitative estimate of drug-likeness (QED) is 0.851. The normalized spacial score (nSPS) is 23.3. The number of amides is 1. The van der Waals surface area contributed by atoms with Gasteiger partial charge >= 0.3 is 0 Å². The number of piperidine rings is 1. The van der Waals surface area contributed by atoms with Crippen molar-refractivity contribution in [3.63, 3.8) is 0 Å². The van der Waals surface area contributed by atoms with Crippen molar-refractivity contribution in [3.8, 4) is 5.75 Å². The smallest absolute Gasteiger partial charge is 0.257 e. The minimum atomic E-state index is -0.442. The van der Waals surface area contributed by atoms with Gasteiger partial charge in [0.2, 0.25) is 0 Å². The second-order valence-electron chi connectivity index (χ2n) is 6.42. The van der Waals surface area contributed by atoms with Gasteiger partial charge in [-0.15, -0.1) is 0 Å². The maximum atomic E-state index is 13.5. The number of nitrogens with zero attached hydrogens (tertiary/aromatic N) is 1. The van der Waals surface area contributed by atoms with Crippen molar-refractivity contribution >= 4 is 5.91 Å². The Bertz CT molecular complexity index is 599. The number of ether oxygens (including phenoxy) is 3. The van der Waals surface area contributed by atoms with E-state index in [1.807, 2.05) is 0 Å².